The monoisotopic (exact) mass is 298 g/mol. The Hall–Kier alpha value is -1.16. The molecule has 1 N–H and O–H groups in total. The number of carboxylic acids is 1. The molecule has 4 heteroatoms. The number of benzene rings is 1. The lowest BCUT2D eigenvalue weighted by atomic mass is 9.96. The van der Waals surface area contributed by atoms with Crippen molar-refractivity contribution < 1.29 is 14.7 Å². The number of hydrogen-bond acceptors (Lipinski definition) is 2. The summed E-state index contributed by atoms with van der Waals surface area (Å²) in [6.45, 7) is 3.73. The van der Waals surface area contributed by atoms with Crippen molar-refractivity contribution in [3.8, 4) is 0 Å². The van der Waals surface area contributed by atoms with Crippen molar-refractivity contribution in [3.63, 3.8) is 0 Å². The van der Waals surface area contributed by atoms with Crippen LogP contribution in [0.15, 0.2) is 18.2 Å². The Kier molecular flexibility index (Phi) is 4.87. The number of halogens is 1. The lowest BCUT2D eigenvalue weighted by Gasteiger charge is -2.10. The van der Waals surface area contributed by atoms with Gasteiger partial charge in [-0.1, -0.05) is 41.1 Å². The normalized spacial score (nSPS) is 12.2. The van der Waals surface area contributed by atoms with Crippen LogP contribution in [0.25, 0.3) is 0 Å². The Morgan fingerprint density at radius 2 is 2.06 bits per heavy atom. The smallest absolute Gasteiger partial charge is 0.307 e. The van der Waals surface area contributed by atoms with Gasteiger partial charge in [0.1, 0.15) is 0 Å². The first-order chi connectivity index (χ1) is 7.95. The molecule has 0 aliphatic rings. The van der Waals surface area contributed by atoms with Gasteiger partial charge in [0.2, 0.25) is 0 Å². The van der Waals surface area contributed by atoms with Crippen molar-refractivity contribution in [1.82, 2.24) is 0 Å². The number of alkyl halides is 1. The van der Waals surface area contributed by atoms with E-state index in [9.17, 15) is 9.59 Å². The molecule has 0 bridgehead atoms. The maximum atomic E-state index is 11.9. The molecule has 3 nitrogen and oxygen atoms in total. The Bertz CT molecular complexity index is 438. The summed E-state index contributed by atoms with van der Waals surface area (Å²) in [6.07, 6.45) is 0.708. The summed E-state index contributed by atoms with van der Waals surface area (Å²) in [5.74, 6) is -1.00. The number of aliphatic carboxylic acids is 1. The van der Waals surface area contributed by atoms with Crippen LogP contribution in [0.4, 0.5) is 0 Å². The minimum atomic E-state index is -0.922. The average Bonchev–Trinajstić information content (AvgIpc) is 2.27. The van der Waals surface area contributed by atoms with E-state index in [4.69, 9.17) is 5.11 Å². The van der Waals surface area contributed by atoms with Gasteiger partial charge in [0.25, 0.3) is 0 Å². The zero-order valence-corrected chi connectivity index (χ0v) is 11.5. The van der Waals surface area contributed by atoms with E-state index in [1.54, 1.807) is 19.1 Å². The summed E-state index contributed by atoms with van der Waals surface area (Å²) in [4.78, 5) is 22.4. The molecule has 0 aliphatic carbocycles. The van der Waals surface area contributed by atoms with Gasteiger partial charge in [-0.15, -0.1) is 0 Å². The predicted molar refractivity (Wildman–Crippen MR) is 69.9 cm³/mol. The quantitative estimate of drug-likeness (QED) is 0.672. The number of rotatable bonds is 5. The molecule has 1 aromatic carbocycles. The molecular formula is C13H15BrO3. The molecule has 0 radical (unpaired) electrons. The highest BCUT2D eigenvalue weighted by molar-refractivity contribution is 9.10. The van der Waals surface area contributed by atoms with Gasteiger partial charge in [0.15, 0.2) is 5.78 Å². The number of hydrogen-bond donors (Lipinski definition) is 1. The fourth-order valence-electron chi connectivity index (χ4n) is 1.63. The van der Waals surface area contributed by atoms with Crippen LogP contribution in [0.2, 0.25) is 0 Å². The molecule has 1 atom stereocenters. The lowest BCUT2D eigenvalue weighted by Crippen LogP contribution is -2.15. The van der Waals surface area contributed by atoms with E-state index in [1.807, 2.05) is 13.0 Å². The fourth-order valence-corrected chi connectivity index (χ4v) is 1.88. The summed E-state index contributed by atoms with van der Waals surface area (Å²) < 4.78 is 0. The van der Waals surface area contributed by atoms with E-state index in [1.165, 1.54) is 0 Å². The zero-order chi connectivity index (χ0) is 13.0. The first-order valence-corrected chi connectivity index (χ1v) is 6.39. The summed E-state index contributed by atoms with van der Waals surface area (Å²) in [7, 11) is 0. The van der Waals surface area contributed by atoms with Gasteiger partial charge in [-0.3, -0.25) is 9.59 Å². The van der Waals surface area contributed by atoms with Crippen LogP contribution in [-0.2, 0) is 17.6 Å². The van der Waals surface area contributed by atoms with Crippen LogP contribution in [0.3, 0.4) is 0 Å². The van der Waals surface area contributed by atoms with Gasteiger partial charge in [0.05, 0.1) is 11.2 Å². The number of Topliss-reactive ketones (excluding diaryl/α,β-unsaturated/α-hetero) is 1. The van der Waals surface area contributed by atoms with Gasteiger partial charge in [-0.25, -0.2) is 0 Å². The maximum Gasteiger partial charge on any atom is 0.307 e. The summed E-state index contributed by atoms with van der Waals surface area (Å²) in [5.41, 5.74) is 2.13. The highest BCUT2D eigenvalue weighted by atomic mass is 79.9. The Morgan fingerprint density at radius 1 is 1.41 bits per heavy atom. The molecule has 0 saturated carbocycles. The number of carbonyl (C=O) groups is 2. The maximum absolute atomic E-state index is 11.9. The van der Waals surface area contributed by atoms with Crippen LogP contribution in [-0.4, -0.2) is 21.7 Å². The standard InChI is InChI=1S/C13H15BrO3/c1-3-9-4-5-11(13(17)8(2)14)10(6-9)7-12(15)16/h4-6,8H,3,7H2,1-2H3,(H,15,16). The topological polar surface area (TPSA) is 54.4 Å². The highest BCUT2D eigenvalue weighted by Gasteiger charge is 2.17. The first-order valence-electron chi connectivity index (χ1n) is 5.47. The van der Waals surface area contributed by atoms with Crippen LogP contribution < -0.4 is 0 Å². The second-order valence-corrected chi connectivity index (χ2v) is 5.27. The second kappa shape index (κ2) is 5.96. The van der Waals surface area contributed by atoms with Crippen molar-refractivity contribution in [2.24, 2.45) is 0 Å². The number of aryl methyl sites for hydroxylation is 1. The Morgan fingerprint density at radius 3 is 2.53 bits per heavy atom. The molecule has 17 heavy (non-hydrogen) atoms. The average molecular weight is 299 g/mol. The molecule has 92 valence electrons. The molecule has 1 rings (SSSR count). The number of ketones is 1. The number of carboxylic acid groups (broad SMARTS) is 1. The molecular weight excluding hydrogens is 284 g/mol. The minimum absolute atomic E-state index is 0.0797. The van der Waals surface area contributed by atoms with Crippen molar-refractivity contribution in [2.45, 2.75) is 31.5 Å². The molecule has 0 aromatic heterocycles. The van der Waals surface area contributed by atoms with Crippen LogP contribution in [0.5, 0.6) is 0 Å². The van der Waals surface area contributed by atoms with E-state index in [-0.39, 0.29) is 17.0 Å². The van der Waals surface area contributed by atoms with Crippen molar-refractivity contribution >= 4 is 27.7 Å². The van der Waals surface area contributed by atoms with Crippen LogP contribution in [0, 0.1) is 0 Å². The highest BCUT2D eigenvalue weighted by Crippen LogP contribution is 2.18. The van der Waals surface area contributed by atoms with Crippen molar-refractivity contribution in [1.29, 1.82) is 0 Å². The predicted octanol–water partition coefficient (Wildman–Crippen LogP) is 2.84. The van der Waals surface area contributed by atoms with E-state index in [0.717, 1.165) is 12.0 Å². The SMILES string of the molecule is CCc1ccc(C(=O)C(C)Br)c(CC(=O)O)c1. The zero-order valence-electron chi connectivity index (χ0n) is 9.87. The number of carbonyl (C=O) groups excluding carboxylic acids is 1. The lowest BCUT2D eigenvalue weighted by molar-refractivity contribution is -0.136. The Balaban J connectivity index is 3.19. The van der Waals surface area contributed by atoms with E-state index >= 15 is 0 Å². The molecule has 0 fully saturated rings. The van der Waals surface area contributed by atoms with Gasteiger partial charge in [-0.05, 0) is 24.5 Å². The molecule has 0 aliphatic heterocycles. The summed E-state index contributed by atoms with van der Waals surface area (Å²) in [6, 6.07) is 5.39. The Labute approximate surface area is 109 Å². The molecule has 0 saturated heterocycles. The second-order valence-electron chi connectivity index (χ2n) is 3.90. The molecule has 1 unspecified atom stereocenters. The van der Waals surface area contributed by atoms with Gasteiger partial charge < -0.3 is 5.11 Å². The minimum Gasteiger partial charge on any atom is -0.481 e. The van der Waals surface area contributed by atoms with E-state index < -0.39 is 5.97 Å². The largest absolute Gasteiger partial charge is 0.481 e. The van der Waals surface area contributed by atoms with Crippen molar-refractivity contribution in [3.05, 3.63) is 34.9 Å². The molecule has 0 heterocycles. The van der Waals surface area contributed by atoms with Crippen LogP contribution in [0.1, 0.15) is 35.3 Å². The third kappa shape index (κ3) is 3.66. The van der Waals surface area contributed by atoms with E-state index in [0.29, 0.717) is 11.1 Å². The fraction of sp³-hybridized carbons (Fsp3) is 0.385. The van der Waals surface area contributed by atoms with Gasteiger partial charge in [-0.2, -0.15) is 0 Å². The molecule has 0 amide bonds. The molecule has 1 aromatic rings. The first kappa shape index (κ1) is 13.9. The molecule has 0 spiro atoms. The van der Waals surface area contributed by atoms with Crippen LogP contribution >= 0.6 is 15.9 Å². The van der Waals surface area contributed by atoms with Crippen molar-refractivity contribution in [2.75, 3.05) is 0 Å². The summed E-state index contributed by atoms with van der Waals surface area (Å²) >= 11 is 3.22. The van der Waals surface area contributed by atoms with Gasteiger partial charge in [0, 0.05) is 5.56 Å². The third-order valence-corrected chi connectivity index (χ3v) is 2.96. The third-order valence-electron chi connectivity index (χ3n) is 2.55. The van der Waals surface area contributed by atoms with Gasteiger partial charge >= 0.3 is 5.97 Å². The summed E-state index contributed by atoms with van der Waals surface area (Å²) in [5, 5.41) is 8.85. The van der Waals surface area contributed by atoms with E-state index in [2.05, 4.69) is 15.9 Å².